The van der Waals surface area contributed by atoms with Crippen LogP contribution in [0.2, 0.25) is 0 Å². The van der Waals surface area contributed by atoms with Crippen LogP contribution >= 0.6 is 0 Å². The van der Waals surface area contributed by atoms with Crippen LogP contribution in [0.5, 0.6) is 0 Å². The van der Waals surface area contributed by atoms with Crippen LogP contribution in [0, 0.1) is 0 Å². The minimum absolute atomic E-state index is 1.26. The maximum atomic E-state index is 2.68. The summed E-state index contributed by atoms with van der Waals surface area (Å²) < 4.78 is 5.35. The summed E-state index contributed by atoms with van der Waals surface area (Å²) in [5, 5.41) is 17.0. The molecule has 0 N–H and O–H groups in total. The Balaban J connectivity index is 1.23. The third kappa shape index (κ3) is 3.99. The molecule has 0 unspecified atom stereocenters. The smallest absolute Gasteiger partial charge is 0.181 e. The molecule has 5 heterocycles. The monoisotopic (exact) mass is 842 g/mol. The summed E-state index contributed by atoms with van der Waals surface area (Å²) in [7, 11) is -5.75. The lowest BCUT2D eigenvalue weighted by Crippen LogP contribution is -2.73. The topological polar surface area (TPSA) is 8.82 Å². The molecule has 4 heteroatoms. The highest BCUT2D eigenvalue weighted by Crippen LogP contribution is 2.46. The minimum Gasteiger partial charge on any atom is -0.305 e. The Kier molecular flexibility index (Phi) is 6.77. The third-order valence-corrected chi connectivity index (χ3v) is 25.0. The fourth-order valence-electron chi connectivity index (χ4n) is 13.0. The van der Waals surface area contributed by atoms with Crippen LogP contribution in [-0.4, -0.2) is 24.9 Å². The quantitative estimate of drug-likeness (QED) is 0.124. The van der Waals surface area contributed by atoms with Gasteiger partial charge in [-0.25, -0.2) is 0 Å². The molecule has 0 radical (unpaired) electrons. The zero-order chi connectivity index (χ0) is 41.7. The Morgan fingerprint density at radius 1 is 0.266 bits per heavy atom. The van der Waals surface area contributed by atoms with Gasteiger partial charge in [0.2, 0.25) is 0 Å². The van der Waals surface area contributed by atoms with E-state index in [0.717, 1.165) is 0 Å². The molecule has 0 amide bonds. The highest BCUT2D eigenvalue weighted by atomic mass is 28.3. The molecule has 296 valence electrons. The normalized spacial score (nSPS) is 14.5. The van der Waals surface area contributed by atoms with E-state index in [0.29, 0.717) is 0 Å². The SMILES string of the molecule is c1ccc([Si]2(c3ccccc3)c3ccccc3-c3cc4c5c(c32)c2ccccc2n5c2cc3c(c5c6ccccc6n4c52)[Si](c2ccccc2)(c2ccccc2)c2ccccc2-3)cc1. The Bertz CT molecular complexity index is 3710. The predicted octanol–water partition coefficient (Wildman–Crippen LogP) is 8.96. The fourth-order valence-corrected chi connectivity index (χ4v) is 23.8. The summed E-state index contributed by atoms with van der Waals surface area (Å²) in [5.74, 6) is 0. The molecule has 0 saturated heterocycles. The van der Waals surface area contributed by atoms with E-state index in [1.165, 1.54) is 118 Å². The highest BCUT2D eigenvalue weighted by molar-refractivity contribution is 7.24. The molecule has 2 aliphatic heterocycles. The number of rotatable bonds is 4. The number of para-hydroxylation sites is 2. The number of hydrogen-bond acceptors (Lipinski definition) is 0. The van der Waals surface area contributed by atoms with Crippen LogP contribution in [-0.2, 0) is 0 Å². The lowest BCUT2D eigenvalue weighted by Gasteiger charge is -2.32. The first-order valence-electron chi connectivity index (χ1n) is 22.4. The molecule has 15 rings (SSSR count). The highest BCUT2D eigenvalue weighted by Gasteiger charge is 2.52. The Labute approximate surface area is 371 Å². The van der Waals surface area contributed by atoms with Crippen molar-refractivity contribution in [3.05, 3.63) is 231 Å². The third-order valence-electron chi connectivity index (χ3n) is 15.1. The van der Waals surface area contributed by atoms with E-state index >= 15 is 0 Å². The molecule has 0 fully saturated rings. The van der Waals surface area contributed by atoms with Gasteiger partial charge in [0, 0.05) is 21.5 Å². The van der Waals surface area contributed by atoms with Crippen molar-refractivity contribution in [1.82, 2.24) is 8.80 Å². The summed E-state index contributed by atoms with van der Waals surface area (Å²) in [6.07, 6.45) is 0. The van der Waals surface area contributed by atoms with Gasteiger partial charge < -0.3 is 8.80 Å². The van der Waals surface area contributed by atoms with Gasteiger partial charge in [0.15, 0.2) is 16.1 Å². The summed E-state index contributed by atoms with van der Waals surface area (Å²) in [5.41, 5.74) is 13.1. The van der Waals surface area contributed by atoms with E-state index < -0.39 is 16.1 Å². The zero-order valence-corrected chi connectivity index (χ0v) is 36.8. The van der Waals surface area contributed by atoms with Crippen LogP contribution < -0.4 is 41.5 Å². The van der Waals surface area contributed by atoms with Crippen LogP contribution in [0.4, 0.5) is 0 Å². The maximum Gasteiger partial charge on any atom is 0.181 e. The van der Waals surface area contributed by atoms with Gasteiger partial charge in [-0.1, -0.05) is 206 Å². The fraction of sp³-hybridized carbons (Fsp3) is 0. The van der Waals surface area contributed by atoms with Crippen molar-refractivity contribution in [2.24, 2.45) is 0 Å². The van der Waals surface area contributed by atoms with Gasteiger partial charge in [-0.15, -0.1) is 0 Å². The first kappa shape index (κ1) is 34.8. The lowest BCUT2D eigenvalue weighted by molar-refractivity contribution is 1.26. The van der Waals surface area contributed by atoms with Crippen LogP contribution in [0.1, 0.15) is 0 Å². The number of aromatic nitrogens is 2. The molecule has 0 bridgehead atoms. The van der Waals surface area contributed by atoms with Crippen molar-refractivity contribution in [2.45, 2.75) is 0 Å². The molecule has 13 aromatic rings. The van der Waals surface area contributed by atoms with Crippen molar-refractivity contribution >= 4 is 112 Å². The second-order valence-corrected chi connectivity index (χ2v) is 25.2. The standard InChI is InChI=1S/C60H38N2Si2/c1-5-21-39(22-6-1)63(40-23-7-2-8-24-40)53-35-19-15-29-43(53)47-37-51-57-55(59(47)63)45-31-13-17-33-49(45)61(57)52-38-48-44-30-16-20-36-54(44)64(41-25-9-3-10-26-41,42-27-11-4-12-28-42)60(48)56-46-32-14-18-34-50(46)62(51)58(52)56/h1-38H. The number of fused-ring (bicyclic) bond motifs is 16. The van der Waals surface area contributed by atoms with E-state index in [2.05, 4.69) is 239 Å². The van der Waals surface area contributed by atoms with Crippen molar-refractivity contribution in [2.75, 3.05) is 0 Å². The van der Waals surface area contributed by atoms with E-state index in [1.807, 2.05) is 0 Å². The molecule has 2 nitrogen and oxygen atoms in total. The first-order chi connectivity index (χ1) is 31.8. The number of benzene rings is 10. The summed E-state index contributed by atoms with van der Waals surface area (Å²) in [4.78, 5) is 0. The predicted molar refractivity (Wildman–Crippen MR) is 275 cm³/mol. The molecule has 2 aliphatic rings. The van der Waals surface area contributed by atoms with Crippen LogP contribution in [0.15, 0.2) is 231 Å². The molecular weight excluding hydrogens is 805 g/mol. The number of hydrogen-bond donors (Lipinski definition) is 0. The van der Waals surface area contributed by atoms with Gasteiger partial charge in [-0.05, 0) is 88.0 Å². The largest absolute Gasteiger partial charge is 0.305 e. The Morgan fingerprint density at radius 2 is 0.578 bits per heavy atom. The van der Waals surface area contributed by atoms with E-state index in [-0.39, 0.29) is 0 Å². The lowest BCUT2D eigenvalue weighted by atomic mass is 10.0. The number of nitrogens with zero attached hydrogens (tertiary/aromatic N) is 2. The van der Waals surface area contributed by atoms with Gasteiger partial charge in [-0.3, -0.25) is 0 Å². The van der Waals surface area contributed by atoms with Gasteiger partial charge in [0.25, 0.3) is 0 Å². The van der Waals surface area contributed by atoms with E-state index in [1.54, 1.807) is 0 Å². The molecule has 64 heavy (non-hydrogen) atoms. The van der Waals surface area contributed by atoms with E-state index in [4.69, 9.17) is 0 Å². The van der Waals surface area contributed by atoms with Gasteiger partial charge >= 0.3 is 0 Å². The second-order valence-electron chi connectivity index (χ2n) is 17.8. The first-order valence-corrected chi connectivity index (χ1v) is 26.4. The molecular formula is C60H38N2Si2. The molecule has 0 aliphatic carbocycles. The molecule has 3 aromatic heterocycles. The van der Waals surface area contributed by atoms with Crippen molar-refractivity contribution in [3.63, 3.8) is 0 Å². The summed E-state index contributed by atoms with van der Waals surface area (Å²) >= 11 is 0. The molecule has 10 aromatic carbocycles. The molecule has 0 spiro atoms. The molecule has 0 saturated carbocycles. The van der Waals surface area contributed by atoms with Gasteiger partial charge in [0.1, 0.15) is 0 Å². The van der Waals surface area contributed by atoms with E-state index in [9.17, 15) is 0 Å². The van der Waals surface area contributed by atoms with Gasteiger partial charge in [0.05, 0.1) is 33.1 Å². The average Bonchev–Trinajstić information content (AvgIpc) is 4.08. The Hall–Kier alpha value is -7.77. The summed E-state index contributed by atoms with van der Waals surface area (Å²) in [6.45, 7) is 0. The van der Waals surface area contributed by atoms with Crippen molar-refractivity contribution in [3.8, 4) is 22.3 Å². The van der Waals surface area contributed by atoms with Crippen LogP contribution in [0.3, 0.4) is 0 Å². The van der Waals surface area contributed by atoms with Crippen LogP contribution in [0.25, 0.3) is 76.9 Å². The maximum absolute atomic E-state index is 2.87. The second kappa shape index (κ2) is 12.4. The Morgan fingerprint density at radius 3 is 0.953 bits per heavy atom. The summed E-state index contributed by atoms with van der Waals surface area (Å²) in [6, 6.07) is 88.4. The molecule has 0 atom stereocenters. The zero-order valence-electron chi connectivity index (χ0n) is 34.8. The van der Waals surface area contributed by atoms with Gasteiger partial charge in [-0.2, -0.15) is 0 Å². The van der Waals surface area contributed by atoms with Crippen molar-refractivity contribution < 1.29 is 0 Å². The minimum atomic E-state index is -2.87. The van der Waals surface area contributed by atoms with Crippen molar-refractivity contribution in [1.29, 1.82) is 0 Å². The average molecular weight is 843 g/mol.